The van der Waals surface area contributed by atoms with Gasteiger partial charge in [-0.05, 0) is 12.5 Å². The average molecular weight is 289 g/mol. The summed E-state index contributed by atoms with van der Waals surface area (Å²) in [4.78, 5) is 29.4. The lowest BCUT2D eigenvalue weighted by atomic mass is 10.1. The zero-order valence-electron chi connectivity index (χ0n) is 11.6. The van der Waals surface area contributed by atoms with Crippen LogP contribution < -0.4 is 11.3 Å². The number of thiophene rings is 1. The summed E-state index contributed by atoms with van der Waals surface area (Å²) in [6.45, 7) is 5.75. The summed E-state index contributed by atoms with van der Waals surface area (Å²) in [6, 6.07) is 0. The topological polar surface area (TPSA) is 78.0 Å². The van der Waals surface area contributed by atoms with Gasteiger partial charge in [-0.15, -0.1) is 17.8 Å². The number of amides is 1. The molecular weight excluding hydrogens is 274 g/mol. The zero-order valence-corrected chi connectivity index (χ0v) is 12.4. The number of carbonyl (C=O) groups excluding carboxylic acids is 1. The summed E-state index contributed by atoms with van der Waals surface area (Å²) in [7, 11) is 0. The fourth-order valence-electron chi connectivity index (χ4n) is 2.15. The molecule has 0 aliphatic carbocycles. The van der Waals surface area contributed by atoms with E-state index < -0.39 is 5.91 Å². The van der Waals surface area contributed by atoms with Gasteiger partial charge < -0.3 is 5.73 Å². The molecule has 0 aliphatic rings. The summed E-state index contributed by atoms with van der Waals surface area (Å²) in [5, 5.41) is 0.434. The molecule has 0 bridgehead atoms. The molecular formula is C14H15N3O2S. The first-order valence-corrected chi connectivity index (χ1v) is 6.97. The molecule has 0 saturated carbocycles. The molecule has 2 aromatic heterocycles. The van der Waals surface area contributed by atoms with Crippen LogP contribution in [-0.4, -0.2) is 15.5 Å². The molecule has 2 heterocycles. The maximum Gasteiger partial charge on any atom is 0.263 e. The van der Waals surface area contributed by atoms with Crippen molar-refractivity contribution in [1.29, 1.82) is 0 Å². The van der Waals surface area contributed by atoms with Crippen LogP contribution in [0.5, 0.6) is 0 Å². The van der Waals surface area contributed by atoms with E-state index in [2.05, 4.69) is 10.9 Å². The summed E-state index contributed by atoms with van der Waals surface area (Å²) >= 11 is 1.15. The number of aromatic nitrogens is 2. The second-order valence-corrected chi connectivity index (χ2v) is 5.82. The third-order valence-corrected chi connectivity index (χ3v) is 4.27. The maximum atomic E-state index is 12.6. The van der Waals surface area contributed by atoms with E-state index in [1.807, 2.05) is 13.8 Å². The molecule has 6 heteroatoms. The molecule has 1 amide bonds. The smallest absolute Gasteiger partial charge is 0.263 e. The van der Waals surface area contributed by atoms with Gasteiger partial charge in [-0.25, -0.2) is 4.98 Å². The van der Waals surface area contributed by atoms with Gasteiger partial charge in [-0.3, -0.25) is 14.2 Å². The van der Waals surface area contributed by atoms with Crippen LogP contribution in [-0.2, 0) is 6.54 Å². The van der Waals surface area contributed by atoms with Crippen LogP contribution in [0.15, 0.2) is 4.79 Å². The van der Waals surface area contributed by atoms with Crippen molar-refractivity contribution in [2.24, 2.45) is 5.73 Å². The number of hydrogen-bond donors (Lipinski definition) is 1. The van der Waals surface area contributed by atoms with Crippen molar-refractivity contribution >= 4 is 27.5 Å². The molecule has 2 N–H and O–H groups in total. The predicted molar refractivity (Wildman–Crippen MR) is 80.1 cm³/mol. The van der Waals surface area contributed by atoms with E-state index in [9.17, 15) is 9.59 Å². The Morgan fingerprint density at radius 1 is 1.55 bits per heavy atom. The highest BCUT2D eigenvalue weighted by Crippen LogP contribution is 2.28. The van der Waals surface area contributed by atoms with Gasteiger partial charge in [-0.1, -0.05) is 19.8 Å². The van der Waals surface area contributed by atoms with Gasteiger partial charge >= 0.3 is 0 Å². The van der Waals surface area contributed by atoms with E-state index in [4.69, 9.17) is 12.2 Å². The van der Waals surface area contributed by atoms with Gasteiger partial charge in [0.25, 0.3) is 11.5 Å². The Hall–Kier alpha value is -2.13. The molecule has 2 aromatic rings. The Kier molecular flexibility index (Phi) is 3.64. The first kappa shape index (κ1) is 14.3. The second kappa shape index (κ2) is 5.10. The SMILES string of the molecule is C#CCn1c(C(C)C)nc2sc(C(N)=O)c(C)c2c1=O. The molecule has 0 spiro atoms. The van der Waals surface area contributed by atoms with E-state index in [0.29, 0.717) is 26.5 Å². The number of rotatable bonds is 3. The van der Waals surface area contributed by atoms with Crippen molar-refractivity contribution < 1.29 is 4.79 Å². The van der Waals surface area contributed by atoms with Crippen LogP contribution >= 0.6 is 11.3 Å². The fraction of sp³-hybridized carbons (Fsp3) is 0.357. The fourth-order valence-corrected chi connectivity index (χ4v) is 3.18. The Bertz CT molecular complexity index is 793. The van der Waals surface area contributed by atoms with E-state index in [-0.39, 0.29) is 18.0 Å². The minimum Gasteiger partial charge on any atom is -0.365 e. The molecule has 5 nitrogen and oxygen atoms in total. The van der Waals surface area contributed by atoms with Crippen molar-refractivity contribution in [3.8, 4) is 12.3 Å². The van der Waals surface area contributed by atoms with Crippen LogP contribution in [0, 0.1) is 19.3 Å². The van der Waals surface area contributed by atoms with Crippen LogP contribution in [0.1, 0.15) is 40.8 Å². The number of aryl methyl sites for hydroxylation is 1. The third-order valence-electron chi connectivity index (χ3n) is 3.07. The molecule has 0 saturated heterocycles. The highest BCUT2D eigenvalue weighted by Gasteiger charge is 2.20. The molecule has 2 rings (SSSR count). The quantitative estimate of drug-likeness (QED) is 0.872. The number of nitrogens with two attached hydrogens (primary N) is 1. The second-order valence-electron chi connectivity index (χ2n) is 4.82. The van der Waals surface area contributed by atoms with Gasteiger partial charge in [0.1, 0.15) is 10.7 Å². The largest absolute Gasteiger partial charge is 0.365 e. The van der Waals surface area contributed by atoms with Crippen LogP contribution in [0.3, 0.4) is 0 Å². The molecule has 0 unspecified atom stereocenters. The normalized spacial score (nSPS) is 10.9. The monoisotopic (exact) mass is 289 g/mol. The summed E-state index contributed by atoms with van der Waals surface area (Å²) in [6.07, 6.45) is 5.33. The highest BCUT2D eigenvalue weighted by molar-refractivity contribution is 7.20. The minimum atomic E-state index is -0.542. The van der Waals surface area contributed by atoms with Crippen molar-refractivity contribution in [2.75, 3.05) is 0 Å². The summed E-state index contributed by atoms with van der Waals surface area (Å²) < 4.78 is 1.48. The summed E-state index contributed by atoms with van der Waals surface area (Å²) in [5.74, 6) is 2.60. The average Bonchev–Trinajstić information content (AvgIpc) is 2.70. The van der Waals surface area contributed by atoms with Gasteiger partial charge in [0, 0.05) is 5.92 Å². The number of carbonyl (C=O) groups is 1. The van der Waals surface area contributed by atoms with Crippen LogP contribution in [0.25, 0.3) is 10.2 Å². The minimum absolute atomic E-state index is 0.0554. The predicted octanol–water partition coefficient (Wildman–Crippen LogP) is 1.62. The Morgan fingerprint density at radius 2 is 2.20 bits per heavy atom. The first-order valence-electron chi connectivity index (χ1n) is 6.15. The van der Waals surface area contributed by atoms with Crippen molar-refractivity contribution in [1.82, 2.24) is 9.55 Å². The molecule has 0 aliphatic heterocycles. The Balaban J connectivity index is 2.92. The van der Waals surface area contributed by atoms with E-state index >= 15 is 0 Å². The van der Waals surface area contributed by atoms with Crippen molar-refractivity contribution in [3.05, 3.63) is 26.6 Å². The molecule has 0 aromatic carbocycles. The van der Waals surface area contributed by atoms with Crippen molar-refractivity contribution in [2.45, 2.75) is 33.2 Å². The zero-order chi connectivity index (χ0) is 15.0. The van der Waals surface area contributed by atoms with Gasteiger partial charge in [0.15, 0.2) is 0 Å². The Morgan fingerprint density at radius 3 is 2.70 bits per heavy atom. The first-order chi connectivity index (χ1) is 9.38. The maximum absolute atomic E-state index is 12.6. The third kappa shape index (κ3) is 2.10. The molecule has 0 atom stereocenters. The van der Waals surface area contributed by atoms with Gasteiger partial charge in [0.05, 0.1) is 16.8 Å². The Labute approximate surface area is 120 Å². The lowest BCUT2D eigenvalue weighted by Gasteiger charge is -2.12. The molecule has 104 valence electrons. The standard InChI is InChI=1S/C14H15N3O2S/c1-5-6-17-12(7(2)3)16-13-9(14(17)19)8(4)10(20-13)11(15)18/h1,7H,6H2,2-4H3,(H2,15,18). The number of hydrogen-bond acceptors (Lipinski definition) is 4. The number of nitrogens with zero attached hydrogens (tertiary/aromatic N) is 2. The van der Waals surface area contributed by atoms with Gasteiger partial charge in [0.2, 0.25) is 0 Å². The van der Waals surface area contributed by atoms with E-state index in [1.165, 1.54) is 4.57 Å². The lowest BCUT2D eigenvalue weighted by Crippen LogP contribution is -2.25. The number of fused-ring (bicyclic) bond motifs is 1. The van der Waals surface area contributed by atoms with Crippen LogP contribution in [0.2, 0.25) is 0 Å². The molecule has 0 radical (unpaired) electrons. The van der Waals surface area contributed by atoms with Crippen molar-refractivity contribution in [3.63, 3.8) is 0 Å². The highest BCUT2D eigenvalue weighted by atomic mass is 32.1. The number of primary amides is 1. The lowest BCUT2D eigenvalue weighted by molar-refractivity contribution is 0.100. The molecule has 0 fully saturated rings. The number of terminal acetylenes is 1. The van der Waals surface area contributed by atoms with E-state index in [1.54, 1.807) is 6.92 Å². The van der Waals surface area contributed by atoms with E-state index in [0.717, 1.165) is 11.3 Å². The molecule has 20 heavy (non-hydrogen) atoms. The summed E-state index contributed by atoms with van der Waals surface area (Å²) in [5.41, 5.74) is 5.70. The van der Waals surface area contributed by atoms with Crippen LogP contribution in [0.4, 0.5) is 0 Å². The van der Waals surface area contributed by atoms with Gasteiger partial charge in [-0.2, -0.15) is 0 Å².